The van der Waals surface area contributed by atoms with Gasteiger partial charge in [-0.25, -0.2) is 9.02 Å². The Balaban J connectivity index is 2.24. The number of rotatable bonds is 2. The van der Waals surface area contributed by atoms with Crippen LogP contribution >= 0.6 is 0 Å². The van der Waals surface area contributed by atoms with Gasteiger partial charge in [0.2, 0.25) is 0 Å². The molecule has 3 rings (SSSR count). The second-order valence-electron chi connectivity index (χ2n) is 3.66. The molecule has 0 saturated heterocycles. The van der Waals surface area contributed by atoms with Gasteiger partial charge >= 0.3 is 0 Å². The lowest BCUT2D eigenvalue weighted by Crippen LogP contribution is -1.98. The number of fused-ring (bicyclic) bond motifs is 1. The standard InChI is InChI=1S/C11H9FN4O/c12-6-1-2-7-8(5-14-9(7)3-6)11-10(4-13)15-17-16-11/h1-3,5,14H,4,13H2. The summed E-state index contributed by atoms with van der Waals surface area (Å²) < 4.78 is 17.7. The lowest BCUT2D eigenvalue weighted by atomic mass is 10.1. The summed E-state index contributed by atoms with van der Waals surface area (Å²) >= 11 is 0. The van der Waals surface area contributed by atoms with Crippen LogP contribution in [-0.4, -0.2) is 15.3 Å². The van der Waals surface area contributed by atoms with Crippen molar-refractivity contribution in [1.82, 2.24) is 15.3 Å². The van der Waals surface area contributed by atoms with E-state index >= 15 is 0 Å². The predicted octanol–water partition coefficient (Wildman–Crippen LogP) is 1.82. The fraction of sp³-hybridized carbons (Fsp3) is 0.0909. The van der Waals surface area contributed by atoms with Crippen molar-refractivity contribution >= 4 is 10.9 Å². The van der Waals surface area contributed by atoms with E-state index in [1.165, 1.54) is 12.1 Å². The van der Waals surface area contributed by atoms with Crippen LogP contribution in [0.2, 0.25) is 0 Å². The molecular formula is C11H9FN4O. The van der Waals surface area contributed by atoms with Crippen molar-refractivity contribution in [2.75, 3.05) is 0 Å². The second kappa shape index (κ2) is 3.67. The van der Waals surface area contributed by atoms with Crippen LogP contribution in [0.25, 0.3) is 22.2 Å². The predicted molar refractivity (Wildman–Crippen MR) is 59.4 cm³/mol. The Bertz CT molecular complexity index is 673. The molecule has 0 unspecified atom stereocenters. The van der Waals surface area contributed by atoms with Gasteiger partial charge in [-0.1, -0.05) is 5.16 Å². The number of halogens is 1. The number of nitrogens with zero attached hydrogens (tertiary/aromatic N) is 2. The van der Waals surface area contributed by atoms with Crippen molar-refractivity contribution in [3.63, 3.8) is 0 Å². The molecule has 5 nitrogen and oxygen atoms in total. The van der Waals surface area contributed by atoms with E-state index in [4.69, 9.17) is 5.73 Å². The highest BCUT2D eigenvalue weighted by Gasteiger charge is 2.15. The molecule has 6 heteroatoms. The van der Waals surface area contributed by atoms with Gasteiger partial charge in [0, 0.05) is 29.2 Å². The summed E-state index contributed by atoms with van der Waals surface area (Å²) in [6, 6.07) is 4.51. The topological polar surface area (TPSA) is 80.7 Å². The smallest absolute Gasteiger partial charge is 0.141 e. The average molecular weight is 232 g/mol. The molecule has 0 aliphatic carbocycles. The minimum Gasteiger partial charge on any atom is -0.360 e. The molecule has 0 amide bonds. The van der Waals surface area contributed by atoms with Crippen molar-refractivity contribution in [3.8, 4) is 11.3 Å². The average Bonchev–Trinajstić information content (AvgIpc) is 2.92. The molecule has 0 saturated carbocycles. The van der Waals surface area contributed by atoms with Gasteiger partial charge in [0.25, 0.3) is 0 Å². The zero-order chi connectivity index (χ0) is 11.8. The number of nitrogens with two attached hydrogens (primary N) is 1. The molecule has 0 bridgehead atoms. The summed E-state index contributed by atoms with van der Waals surface area (Å²) in [5, 5.41) is 8.40. The first kappa shape index (κ1) is 9.98. The van der Waals surface area contributed by atoms with Gasteiger partial charge in [0.15, 0.2) is 0 Å². The maximum atomic E-state index is 13.0. The van der Waals surface area contributed by atoms with E-state index in [9.17, 15) is 4.39 Å². The number of hydrogen-bond donors (Lipinski definition) is 2. The molecule has 0 aliphatic heterocycles. The first-order valence-electron chi connectivity index (χ1n) is 5.08. The summed E-state index contributed by atoms with van der Waals surface area (Å²) in [5.41, 5.74) is 8.21. The molecule has 1 aromatic carbocycles. The zero-order valence-corrected chi connectivity index (χ0v) is 8.77. The maximum Gasteiger partial charge on any atom is 0.141 e. The highest BCUT2D eigenvalue weighted by atomic mass is 19.1. The van der Waals surface area contributed by atoms with Crippen LogP contribution in [0.4, 0.5) is 4.39 Å². The minimum absolute atomic E-state index is 0.243. The molecule has 2 aromatic heterocycles. The fourth-order valence-corrected chi connectivity index (χ4v) is 1.84. The summed E-state index contributed by atoms with van der Waals surface area (Å²) in [6.07, 6.45) is 1.74. The molecule has 86 valence electrons. The molecule has 0 atom stereocenters. The van der Waals surface area contributed by atoms with Gasteiger partial charge in [0.05, 0.1) is 0 Å². The van der Waals surface area contributed by atoms with Gasteiger partial charge in [-0.05, 0) is 23.4 Å². The highest BCUT2D eigenvalue weighted by molar-refractivity contribution is 5.94. The van der Waals surface area contributed by atoms with Gasteiger partial charge in [0.1, 0.15) is 17.2 Å². The third-order valence-corrected chi connectivity index (χ3v) is 2.65. The summed E-state index contributed by atoms with van der Waals surface area (Å²) in [5.74, 6) is -0.289. The second-order valence-corrected chi connectivity index (χ2v) is 3.66. The summed E-state index contributed by atoms with van der Waals surface area (Å²) in [7, 11) is 0. The van der Waals surface area contributed by atoms with Crippen LogP contribution in [0.15, 0.2) is 29.0 Å². The van der Waals surface area contributed by atoms with Gasteiger partial charge in [-0.15, -0.1) is 0 Å². The van der Waals surface area contributed by atoms with Gasteiger partial charge in [-0.3, -0.25) is 0 Å². The summed E-state index contributed by atoms with van der Waals surface area (Å²) in [6.45, 7) is 0.243. The Morgan fingerprint density at radius 2 is 2.24 bits per heavy atom. The molecule has 3 aromatic rings. The third-order valence-electron chi connectivity index (χ3n) is 2.65. The van der Waals surface area contributed by atoms with Gasteiger partial charge < -0.3 is 10.7 Å². The lowest BCUT2D eigenvalue weighted by Gasteiger charge is -1.95. The zero-order valence-electron chi connectivity index (χ0n) is 8.77. The molecule has 17 heavy (non-hydrogen) atoms. The van der Waals surface area contributed by atoms with Gasteiger partial charge in [-0.2, -0.15) is 0 Å². The third kappa shape index (κ3) is 1.50. The van der Waals surface area contributed by atoms with Crippen molar-refractivity contribution < 1.29 is 9.02 Å². The van der Waals surface area contributed by atoms with E-state index in [-0.39, 0.29) is 12.4 Å². The Morgan fingerprint density at radius 1 is 1.35 bits per heavy atom. The molecular weight excluding hydrogens is 223 g/mol. The number of benzene rings is 1. The Hall–Kier alpha value is -2.21. The number of nitrogens with one attached hydrogen (secondary N) is 1. The largest absolute Gasteiger partial charge is 0.360 e. The minimum atomic E-state index is -0.289. The van der Waals surface area contributed by atoms with Crippen LogP contribution in [0.1, 0.15) is 5.69 Å². The quantitative estimate of drug-likeness (QED) is 0.706. The fourth-order valence-electron chi connectivity index (χ4n) is 1.84. The first-order valence-corrected chi connectivity index (χ1v) is 5.08. The maximum absolute atomic E-state index is 13.0. The molecule has 0 aliphatic rings. The number of aromatic amines is 1. The van der Waals surface area contributed by atoms with E-state index in [1.54, 1.807) is 12.3 Å². The van der Waals surface area contributed by atoms with E-state index in [0.29, 0.717) is 16.9 Å². The number of aromatic nitrogens is 3. The van der Waals surface area contributed by atoms with E-state index < -0.39 is 0 Å². The summed E-state index contributed by atoms with van der Waals surface area (Å²) in [4.78, 5) is 2.98. The Morgan fingerprint density at radius 3 is 3.06 bits per heavy atom. The van der Waals surface area contributed by atoms with E-state index in [2.05, 4.69) is 19.9 Å². The molecule has 3 N–H and O–H groups in total. The van der Waals surface area contributed by atoms with Crippen molar-refractivity contribution in [2.45, 2.75) is 6.54 Å². The Kier molecular flexibility index (Phi) is 2.15. The van der Waals surface area contributed by atoms with E-state index in [1.807, 2.05) is 0 Å². The highest BCUT2D eigenvalue weighted by Crippen LogP contribution is 2.29. The first-order chi connectivity index (χ1) is 8.29. The molecule has 0 spiro atoms. The van der Waals surface area contributed by atoms with Crippen molar-refractivity contribution in [3.05, 3.63) is 35.9 Å². The molecule has 2 heterocycles. The van der Waals surface area contributed by atoms with Crippen LogP contribution < -0.4 is 5.73 Å². The van der Waals surface area contributed by atoms with Crippen LogP contribution in [0.3, 0.4) is 0 Å². The number of H-pyrrole nitrogens is 1. The molecule has 0 radical (unpaired) electrons. The Labute approximate surface area is 95.4 Å². The van der Waals surface area contributed by atoms with Crippen molar-refractivity contribution in [2.24, 2.45) is 5.73 Å². The SMILES string of the molecule is NCc1nonc1-c1c[nH]c2cc(F)ccc12. The molecule has 0 fully saturated rings. The monoisotopic (exact) mass is 232 g/mol. The van der Waals surface area contributed by atoms with Crippen LogP contribution in [-0.2, 0) is 6.54 Å². The normalized spacial score (nSPS) is 11.2. The van der Waals surface area contributed by atoms with E-state index in [0.717, 1.165) is 10.9 Å². The van der Waals surface area contributed by atoms with Crippen molar-refractivity contribution in [1.29, 1.82) is 0 Å². The number of hydrogen-bond acceptors (Lipinski definition) is 4. The van der Waals surface area contributed by atoms with Crippen LogP contribution in [0.5, 0.6) is 0 Å². The lowest BCUT2D eigenvalue weighted by molar-refractivity contribution is 0.304. The van der Waals surface area contributed by atoms with Crippen LogP contribution in [0, 0.1) is 5.82 Å².